The number of imide groups is 2. The van der Waals surface area contributed by atoms with Crippen molar-refractivity contribution in [1.29, 1.82) is 0 Å². The Hall–Kier alpha value is -5.70. The highest BCUT2D eigenvalue weighted by atomic mass is 35.5. The Morgan fingerprint density at radius 1 is 0.750 bits per heavy atom. The molecule has 1 saturated carbocycles. The largest absolute Gasteiger partial charge is 0.508 e. The molecule has 6 unspecified atom stereocenters. The van der Waals surface area contributed by atoms with E-state index in [2.05, 4.69) is 5.43 Å². The van der Waals surface area contributed by atoms with Crippen LogP contribution in [0.15, 0.2) is 103 Å². The van der Waals surface area contributed by atoms with Gasteiger partial charge in [-0.2, -0.15) is 31.4 Å². The second-order valence-corrected chi connectivity index (χ2v) is 14.7. The average Bonchev–Trinajstić information content (AvgIpc) is 3.53. The number of benzene rings is 4. The van der Waals surface area contributed by atoms with E-state index in [0.29, 0.717) is 38.8 Å². The first-order valence-electron chi connectivity index (χ1n) is 17.2. The van der Waals surface area contributed by atoms with Crippen LogP contribution in [0.1, 0.15) is 41.0 Å². The number of rotatable bonds is 5. The zero-order valence-electron chi connectivity index (χ0n) is 28.5. The number of anilines is 2. The molecular formula is C40H27ClF7N3O5. The van der Waals surface area contributed by atoms with Gasteiger partial charge in [-0.05, 0) is 96.6 Å². The van der Waals surface area contributed by atoms with Gasteiger partial charge in [0.2, 0.25) is 11.8 Å². The molecule has 4 aromatic carbocycles. The van der Waals surface area contributed by atoms with Crippen molar-refractivity contribution in [3.8, 4) is 5.75 Å². The molecule has 56 heavy (non-hydrogen) atoms. The number of nitrogens with zero attached hydrogens (tertiary/aromatic N) is 2. The number of fused-ring (bicyclic) bond motifs is 4. The number of carbonyl (C=O) groups is 4. The zero-order valence-corrected chi connectivity index (χ0v) is 29.3. The first kappa shape index (κ1) is 37.2. The van der Waals surface area contributed by atoms with Crippen molar-refractivity contribution in [3.63, 3.8) is 0 Å². The highest BCUT2D eigenvalue weighted by Crippen LogP contribution is 2.64. The van der Waals surface area contributed by atoms with E-state index in [1.54, 1.807) is 18.2 Å². The summed E-state index contributed by atoms with van der Waals surface area (Å²) in [6.07, 6.45) is -9.26. The Morgan fingerprint density at radius 2 is 1.36 bits per heavy atom. The number of aromatic hydroxyl groups is 1. The molecule has 3 fully saturated rings. The fourth-order valence-electron chi connectivity index (χ4n) is 9.02. The third kappa shape index (κ3) is 5.73. The molecule has 8 rings (SSSR count). The van der Waals surface area contributed by atoms with Crippen LogP contribution in [0.3, 0.4) is 0 Å². The van der Waals surface area contributed by atoms with Crippen LogP contribution < -0.4 is 10.3 Å². The number of alkyl halides is 6. The summed E-state index contributed by atoms with van der Waals surface area (Å²) in [4.78, 5) is 58.6. The number of allylic oxidation sites excluding steroid dienone is 2. The summed E-state index contributed by atoms with van der Waals surface area (Å²) in [5, 5.41) is 11.4. The number of phenols is 1. The molecule has 6 atom stereocenters. The molecular weight excluding hydrogens is 771 g/mol. The van der Waals surface area contributed by atoms with Crippen LogP contribution in [0.25, 0.3) is 0 Å². The third-order valence-electron chi connectivity index (χ3n) is 11.3. The summed E-state index contributed by atoms with van der Waals surface area (Å²) in [5.41, 5.74) is -1.89. The van der Waals surface area contributed by atoms with E-state index in [-0.39, 0.29) is 30.3 Å². The second-order valence-electron chi connectivity index (χ2n) is 14.2. The van der Waals surface area contributed by atoms with Crippen molar-refractivity contribution < 1.29 is 55.0 Å². The standard InChI is InChI=1S/C40H27ClF7N3O5/c41-23-5-3-20(4-6-23)38-31(35(54)51(37(38)56)49-25-9-7-24(42)8-10-25)18-30-28(33(38)19-1-11-27(52)12-2-19)13-14-29-32(30)36(55)50(34(29)53)26-16-21(39(43,44)45)15-22(17-26)40(46,47)48/h1-13,15-17,29-33,49,52H,14,18H2. The van der Waals surface area contributed by atoms with Crippen molar-refractivity contribution in [2.75, 3.05) is 10.3 Å². The number of halogens is 8. The van der Waals surface area contributed by atoms with E-state index in [0.717, 1.165) is 17.1 Å². The highest BCUT2D eigenvalue weighted by Gasteiger charge is 2.70. The van der Waals surface area contributed by atoms with E-state index in [1.807, 2.05) is 0 Å². The topological polar surface area (TPSA) is 107 Å². The monoisotopic (exact) mass is 797 g/mol. The highest BCUT2D eigenvalue weighted by molar-refractivity contribution is 6.30. The van der Waals surface area contributed by atoms with Crippen LogP contribution in [0.5, 0.6) is 5.75 Å². The molecule has 2 N–H and O–H groups in total. The van der Waals surface area contributed by atoms with Gasteiger partial charge in [-0.3, -0.25) is 24.6 Å². The minimum atomic E-state index is -5.25. The predicted molar refractivity (Wildman–Crippen MR) is 186 cm³/mol. The lowest BCUT2D eigenvalue weighted by Crippen LogP contribution is -2.53. The van der Waals surface area contributed by atoms with E-state index >= 15 is 4.79 Å². The SMILES string of the molecule is O=C1C2CC3C(=CCC4C(=O)N(c5cc(C(F)(F)F)cc(C(F)(F)F)c5)C(=O)C43)C(c3ccc(O)cc3)C2(c2ccc(Cl)cc2)C(=O)N1Nc1ccc(F)cc1. The van der Waals surface area contributed by atoms with E-state index in [4.69, 9.17) is 11.6 Å². The number of hydrogen-bond acceptors (Lipinski definition) is 6. The molecule has 0 radical (unpaired) electrons. The molecule has 2 heterocycles. The summed E-state index contributed by atoms with van der Waals surface area (Å²) in [6, 6.07) is 17.4. The molecule has 0 bridgehead atoms. The van der Waals surface area contributed by atoms with Gasteiger partial charge in [-0.1, -0.05) is 47.5 Å². The van der Waals surface area contributed by atoms with Gasteiger partial charge in [0.05, 0.1) is 45.7 Å². The predicted octanol–water partition coefficient (Wildman–Crippen LogP) is 8.41. The first-order chi connectivity index (χ1) is 26.4. The maximum absolute atomic E-state index is 15.1. The molecule has 2 saturated heterocycles. The van der Waals surface area contributed by atoms with E-state index < -0.39 is 93.6 Å². The number of hydrogen-bond donors (Lipinski definition) is 2. The van der Waals surface area contributed by atoms with Gasteiger partial charge in [-0.15, -0.1) is 0 Å². The lowest BCUT2D eigenvalue weighted by Gasteiger charge is -2.50. The maximum atomic E-state index is 15.1. The summed E-state index contributed by atoms with van der Waals surface area (Å²) in [6.45, 7) is 0. The normalized spacial score (nSPS) is 26.2. The van der Waals surface area contributed by atoms with Crippen molar-refractivity contribution in [2.24, 2.45) is 23.7 Å². The van der Waals surface area contributed by atoms with Gasteiger partial charge in [0.1, 0.15) is 11.6 Å². The van der Waals surface area contributed by atoms with Crippen molar-refractivity contribution in [2.45, 2.75) is 36.5 Å². The van der Waals surface area contributed by atoms with Gasteiger partial charge in [0, 0.05) is 10.9 Å². The lowest BCUT2D eigenvalue weighted by molar-refractivity contribution is -0.143. The van der Waals surface area contributed by atoms with Gasteiger partial charge in [0.25, 0.3) is 11.8 Å². The Kier molecular flexibility index (Phi) is 8.60. The molecule has 4 aromatic rings. The molecule has 8 nitrogen and oxygen atoms in total. The fourth-order valence-corrected chi connectivity index (χ4v) is 9.15. The summed E-state index contributed by atoms with van der Waals surface area (Å²) >= 11 is 6.27. The lowest BCUT2D eigenvalue weighted by atomic mass is 9.49. The minimum absolute atomic E-state index is 0.102. The molecule has 0 aromatic heterocycles. The first-order valence-corrected chi connectivity index (χ1v) is 17.6. The van der Waals surface area contributed by atoms with Crippen LogP contribution in [-0.2, 0) is 36.9 Å². The van der Waals surface area contributed by atoms with Gasteiger partial charge in [0.15, 0.2) is 0 Å². The number of phenolic OH excluding ortho intramolecular Hbond substituents is 1. The van der Waals surface area contributed by atoms with Crippen LogP contribution >= 0.6 is 11.6 Å². The molecule has 0 spiro atoms. The second kappa shape index (κ2) is 12.9. The number of nitrogens with one attached hydrogen (secondary N) is 1. The molecule has 2 aliphatic heterocycles. The van der Waals surface area contributed by atoms with Crippen molar-refractivity contribution in [1.82, 2.24) is 5.01 Å². The Bertz CT molecular complexity index is 2300. The zero-order chi connectivity index (χ0) is 40.1. The molecule has 16 heteroatoms. The van der Waals surface area contributed by atoms with Crippen LogP contribution in [0.2, 0.25) is 5.02 Å². The van der Waals surface area contributed by atoms with Crippen LogP contribution in [0.4, 0.5) is 42.1 Å². The quantitative estimate of drug-likeness (QED) is 0.119. The summed E-state index contributed by atoms with van der Waals surface area (Å²) in [5.74, 6) is -10.1. The Morgan fingerprint density at radius 3 is 1.95 bits per heavy atom. The number of amides is 4. The molecule has 4 aliphatic rings. The fraction of sp³-hybridized carbons (Fsp3) is 0.250. The Labute approximate surface area is 318 Å². The van der Waals surface area contributed by atoms with Gasteiger partial charge >= 0.3 is 12.4 Å². The summed E-state index contributed by atoms with van der Waals surface area (Å²) in [7, 11) is 0. The third-order valence-corrected chi connectivity index (χ3v) is 11.6. The van der Waals surface area contributed by atoms with Crippen LogP contribution in [0, 0.1) is 29.5 Å². The number of carbonyl (C=O) groups excluding carboxylic acids is 4. The maximum Gasteiger partial charge on any atom is 0.416 e. The van der Waals surface area contributed by atoms with Crippen molar-refractivity contribution >= 4 is 46.6 Å². The summed E-state index contributed by atoms with van der Waals surface area (Å²) < 4.78 is 97.0. The van der Waals surface area contributed by atoms with E-state index in [1.165, 1.54) is 48.5 Å². The minimum Gasteiger partial charge on any atom is -0.508 e. The number of hydrazine groups is 1. The smallest absolute Gasteiger partial charge is 0.416 e. The average molecular weight is 798 g/mol. The van der Waals surface area contributed by atoms with Gasteiger partial charge in [-0.25, -0.2) is 9.29 Å². The van der Waals surface area contributed by atoms with Crippen molar-refractivity contribution in [3.05, 3.63) is 136 Å². The molecule has 2 aliphatic carbocycles. The Balaban J connectivity index is 1.29. The van der Waals surface area contributed by atoms with Gasteiger partial charge < -0.3 is 5.11 Å². The van der Waals surface area contributed by atoms with E-state index in [9.17, 15) is 50.2 Å². The van der Waals surface area contributed by atoms with Crippen LogP contribution in [-0.4, -0.2) is 33.7 Å². The molecule has 4 amide bonds. The molecule has 288 valence electrons.